The van der Waals surface area contributed by atoms with Crippen molar-refractivity contribution < 1.29 is 4.79 Å². The maximum absolute atomic E-state index is 11.7. The third-order valence-corrected chi connectivity index (χ3v) is 3.85. The van der Waals surface area contributed by atoms with Crippen molar-refractivity contribution in [3.8, 4) is 0 Å². The molecule has 0 aliphatic heterocycles. The van der Waals surface area contributed by atoms with Crippen molar-refractivity contribution in [2.45, 2.75) is 24.8 Å². The first kappa shape index (κ1) is 14.0. The molecule has 19 heavy (non-hydrogen) atoms. The molecule has 2 aromatic rings. The van der Waals surface area contributed by atoms with Gasteiger partial charge in [-0.05, 0) is 12.5 Å². The van der Waals surface area contributed by atoms with Crippen LogP contribution in [0.25, 0.3) is 0 Å². The van der Waals surface area contributed by atoms with Crippen molar-refractivity contribution in [1.82, 2.24) is 15.0 Å². The van der Waals surface area contributed by atoms with E-state index in [4.69, 9.17) is 0 Å². The second-order valence-corrected chi connectivity index (χ2v) is 5.66. The highest BCUT2D eigenvalue weighted by Gasteiger charge is 2.06. The van der Waals surface area contributed by atoms with Crippen LogP contribution in [-0.4, -0.2) is 26.6 Å². The molecule has 7 heteroatoms. The predicted octanol–water partition coefficient (Wildman–Crippen LogP) is 2.62. The molecule has 0 aliphatic rings. The van der Waals surface area contributed by atoms with Gasteiger partial charge in [-0.3, -0.25) is 4.79 Å². The highest BCUT2D eigenvalue weighted by atomic mass is 32.2. The zero-order chi connectivity index (χ0) is 13.5. The summed E-state index contributed by atoms with van der Waals surface area (Å²) in [4.78, 5) is 24.0. The molecule has 0 saturated carbocycles. The molecule has 2 rings (SSSR count). The third-order valence-electron chi connectivity index (χ3n) is 2.23. The summed E-state index contributed by atoms with van der Waals surface area (Å²) in [7, 11) is 0. The van der Waals surface area contributed by atoms with E-state index >= 15 is 0 Å². The van der Waals surface area contributed by atoms with Crippen molar-refractivity contribution in [1.29, 1.82) is 0 Å². The molecule has 0 atom stereocenters. The molecule has 1 amide bonds. The smallest absolute Gasteiger partial charge is 0.236 e. The van der Waals surface area contributed by atoms with Gasteiger partial charge >= 0.3 is 0 Å². The minimum Gasteiger partial charge on any atom is -0.301 e. The van der Waals surface area contributed by atoms with E-state index in [0.717, 1.165) is 23.6 Å². The molecule has 0 fully saturated rings. The van der Waals surface area contributed by atoms with Crippen molar-refractivity contribution in [3.05, 3.63) is 29.7 Å². The molecular formula is C12H14N4OS2. The normalized spacial score (nSPS) is 10.4. The van der Waals surface area contributed by atoms with Gasteiger partial charge in [-0.15, -0.1) is 11.3 Å². The SMILES string of the molecule is CCCc1cc(SCC(=O)Nc2nccs2)ncn1. The van der Waals surface area contributed by atoms with Crippen LogP contribution in [0.5, 0.6) is 0 Å². The van der Waals surface area contributed by atoms with E-state index in [0.29, 0.717) is 10.9 Å². The third kappa shape index (κ3) is 4.60. The number of amides is 1. The lowest BCUT2D eigenvalue weighted by Gasteiger charge is -2.03. The first-order valence-electron chi connectivity index (χ1n) is 5.91. The standard InChI is InChI=1S/C12H14N4OS2/c1-2-3-9-6-11(15-8-14-9)19-7-10(17)16-12-13-4-5-18-12/h4-6,8H,2-3,7H2,1H3,(H,13,16,17). The molecule has 0 aromatic carbocycles. The maximum atomic E-state index is 11.7. The molecule has 2 aromatic heterocycles. The lowest BCUT2D eigenvalue weighted by molar-refractivity contribution is -0.113. The van der Waals surface area contributed by atoms with Crippen LogP contribution in [0.2, 0.25) is 0 Å². The van der Waals surface area contributed by atoms with Gasteiger partial charge in [-0.25, -0.2) is 15.0 Å². The molecule has 0 saturated heterocycles. The van der Waals surface area contributed by atoms with E-state index in [1.165, 1.54) is 23.1 Å². The Morgan fingerprint density at radius 3 is 3.05 bits per heavy atom. The fourth-order valence-corrected chi connectivity index (χ4v) is 2.67. The number of thiazole rings is 1. The highest BCUT2D eigenvalue weighted by Crippen LogP contribution is 2.17. The van der Waals surface area contributed by atoms with Crippen molar-refractivity contribution in [2.75, 3.05) is 11.1 Å². The number of aromatic nitrogens is 3. The Kier molecular flexibility index (Phi) is 5.29. The van der Waals surface area contributed by atoms with E-state index in [9.17, 15) is 4.79 Å². The van der Waals surface area contributed by atoms with E-state index in [-0.39, 0.29) is 5.91 Å². The van der Waals surface area contributed by atoms with Gasteiger partial charge < -0.3 is 5.32 Å². The van der Waals surface area contributed by atoms with Gasteiger partial charge in [0.15, 0.2) is 5.13 Å². The number of rotatable bonds is 6. The molecule has 2 heterocycles. The van der Waals surface area contributed by atoms with Gasteiger partial charge in [0.1, 0.15) is 11.4 Å². The zero-order valence-corrected chi connectivity index (χ0v) is 12.1. The van der Waals surface area contributed by atoms with E-state index in [1.807, 2.05) is 11.4 Å². The van der Waals surface area contributed by atoms with Crippen LogP contribution in [0, 0.1) is 0 Å². The number of carbonyl (C=O) groups excluding carboxylic acids is 1. The summed E-state index contributed by atoms with van der Waals surface area (Å²) in [6.07, 6.45) is 5.19. The molecule has 1 N–H and O–H groups in total. The van der Waals surface area contributed by atoms with Crippen LogP contribution in [0.15, 0.2) is 29.0 Å². The van der Waals surface area contributed by atoms with Gasteiger partial charge in [0, 0.05) is 17.3 Å². The van der Waals surface area contributed by atoms with E-state index in [2.05, 4.69) is 27.2 Å². The quantitative estimate of drug-likeness (QED) is 0.655. The first-order chi connectivity index (χ1) is 9.28. The molecule has 0 unspecified atom stereocenters. The topological polar surface area (TPSA) is 67.8 Å². The Labute approximate surface area is 119 Å². The second-order valence-electron chi connectivity index (χ2n) is 3.77. The average Bonchev–Trinajstić information content (AvgIpc) is 2.90. The number of thioether (sulfide) groups is 1. The number of carbonyl (C=O) groups is 1. The number of nitrogens with one attached hydrogen (secondary N) is 1. The molecule has 5 nitrogen and oxygen atoms in total. The summed E-state index contributed by atoms with van der Waals surface area (Å²) in [6.45, 7) is 2.11. The lowest BCUT2D eigenvalue weighted by atomic mass is 10.2. The fourth-order valence-electron chi connectivity index (χ4n) is 1.43. The summed E-state index contributed by atoms with van der Waals surface area (Å²) < 4.78 is 0. The molecule has 0 spiro atoms. The molecule has 0 bridgehead atoms. The number of nitrogens with zero attached hydrogens (tertiary/aromatic N) is 3. The Morgan fingerprint density at radius 2 is 2.32 bits per heavy atom. The van der Waals surface area contributed by atoms with E-state index < -0.39 is 0 Å². The van der Waals surface area contributed by atoms with Crippen LogP contribution in [0.4, 0.5) is 5.13 Å². The van der Waals surface area contributed by atoms with Gasteiger partial charge in [-0.1, -0.05) is 25.1 Å². The lowest BCUT2D eigenvalue weighted by Crippen LogP contribution is -2.13. The van der Waals surface area contributed by atoms with Crippen LogP contribution >= 0.6 is 23.1 Å². The van der Waals surface area contributed by atoms with Gasteiger partial charge in [0.25, 0.3) is 0 Å². The molecule has 100 valence electrons. The summed E-state index contributed by atoms with van der Waals surface area (Å²) in [5.41, 5.74) is 1.01. The Hall–Kier alpha value is -1.47. The number of hydrogen-bond donors (Lipinski definition) is 1. The predicted molar refractivity (Wildman–Crippen MR) is 77.5 cm³/mol. The Balaban J connectivity index is 1.84. The summed E-state index contributed by atoms with van der Waals surface area (Å²) in [6, 6.07) is 1.94. The van der Waals surface area contributed by atoms with Crippen LogP contribution in [-0.2, 0) is 11.2 Å². The fraction of sp³-hybridized carbons (Fsp3) is 0.333. The average molecular weight is 294 g/mol. The summed E-state index contributed by atoms with van der Waals surface area (Å²) in [5, 5.41) is 6.01. The van der Waals surface area contributed by atoms with Crippen LogP contribution < -0.4 is 5.32 Å². The molecular weight excluding hydrogens is 280 g/mol. The van der Waals surface area contributed by atoms with Crippen molar-refractivity contribution in [2.24, 2.45) is 0 Å². The monoisotopic (exact) mass is 294 g/mol. The van der Waals surface area contributed by atoms with Gasteiger partial charge in [0.05, 0.1) is 5.75 Å². The Morgan fingerprint density at radius 1 is 1.42 bits per heavy atom. The van der Waals surface area contributed by atoms with Crippen molar-refractivity contribution in [3.63, 3.8) is 0 Å². The van der Waals surface area contributed by atoms with E-state index in [1.54, 1.807) is 12.5 Å². The molecule has 0 radical (unpaired) electrons. The minimum atomic E-state index is -0.0735. The number of hydrogen-bond acceptors (Lipinski definition) is 6. The summed E-state index contributed by atoms with van der Waals surface area (Å²) in [5.74, 6) is 0.248. The van der Waals surface area contributed by atoms with Gasteiger partial charge in [0.2, 0.25) is 5.91 Å². The second kappa shape index (κ2) is 7.20. The van der Waals surface area contributed by atoms with Crippen LogP contribution in [0.3, 0.4) is 0 Å². The maximum Gasteiger partial charge on any atom is 0.236 e. The minimum absolute atomic E-state index is 0.0735. The van der Waals surface area contributed by atoms with Gasteiger partial charge in [-0.2, -0.15) is 0 Å². The largest absolute Gasteiger partial charge is 0.301 e. The highest BCUT2D eigenvalue weighted by molar-refractivity contribution is 7.99. The Bertz CT molecular complexity index is 530. The zero-order valence-electron chi connectivity index (χ0n) is 10.5. The van der Waals surface area contributed by atoms with Crippen LogP contribution in [0.1, 0.15) is 19.0 Å². The summed E-state index contributed by atoms with van der Waals surface area (Å²) >= 11 is 2.81. The number of aryl methyl sites for hydroxylation is 1. The molecule has 0 aliphatic carbocycles. The van der Waals surface area contributed by atoms with Crippen molar-refractivity contribution >= 4 is 34.1 Å². The first-order valence-corrected chi connectivity index (χ1v) is 7.77. The number of anilines is 1.